The molecule has 0 bridgehead atoms. The maximum Gasteiger partial charge on any atom is 0.271 e. The molecule has 0 aliphatic carbocycles. The molecule has 1 aromatic carbocycles. The molecule has 6 nitrogen and oxygen atoms in total. The molecule has 0 unspecified atom stereocenters. The first-order valence-corrected chi connectivity index (χ1v) is 4.69. The summed E-state index contributed by atoms with van der Waals surface area (Å²) in [5, 5.41) is 12.5. The van der Waals surface area contributed by atoms with Crippen LogP contribution in [-0.4, -0.2) is 11.0 Å². The molecule has 0 aromatic heterocycles. The number of fused-ring (bicyclic) bond motifs is 1. The molecule has 6 heteroatoms. The highest BCUT2D eigenvalue weighted by Crippen LogP contribution is 2.33. The van der Waals surface area contributed by atoms with Gasteiger partial charge in [-0.2, -0.15) is 0 Å². The Balaban J connectivity index is 2.42. The fraction of sp³-hybridized carbons (Fsp3) is 0.333. The van der Waals surface area contributed by atoms with Crippen molar-refractivity contribution in [3.05, 3.63) is 28.3 Å². The van der Waals surface area contributed by atoms with E-state index in [0.29, 0.717) is 0 Å². The molecule has 80 valence electrons. The Morgan fingerprint density at radius 1 is 1.47 bits per heavy atom. The number of nitrogens with zero attached hydrogens (tertiary/aromatic N) is 2. The Kier molecular flexibility index (Phi) is 2.20. The standard InChI is InChI=1S/C9H12N4O2/c1-6(2)12-9-5-7(13(14)15)3-4-8(9)10-11-12/h3-6,10-11H,1-2H3. The summed E-state index contributed by atoms with van der Waals surface area (Å²) in [6, 6.07) is 4.96. The van der Waals surface area contributed by atoms with Gasteiger partial charge in [-0.25, -0.2) is 0 Å². The van der Waals surface area contributed by atoms with E-state index in [1.54, 1.807) is 12.1 Å². The van der Waals surface area contributed by atoms with E-state index in [0.717, 1.165) is 11.4 Å². The van der Waals surface area contributed by atoms with E-state index >= 15 is 0 Å². The molecule has 2 rings (SSSR count). The zero-order valence-corrected chi connectivity index (χ0v) is 8.52. The van der Waals surface area contributed by atoms with Crippen molar-refractivity contribution < 1.29 is 4.92 Å². The van der Waals surface area contributed by atoms with Gasteiger partial charge in [0.25, 0.3) is 5.69 Å². The number of hydrogen-bond acceptors (Lipinski definition) is 5. The summed E-state index contributed by atoms with van der Waals surface area (Å²) in [4.78, 5) is 10.2. The lowest BCUT2D eigenvalue weighted by molar-refractivity contribution is -0.384. The Labute approximate surface area is 87.0 Å². The van der Waals surface area contributed by atoms with Gasteiger partial charge in [0.15, 0.2) is 0 Å². The van der Waals surface area contributed by atoms with Crippen molar-refractivity contribution in [2.75, 3.05) is 10.4 Å². The Morgan fingerprint density at radius 3 is 2.80 bits per heavy atom. The molecule has 0 radical (unpaired) electrons. The topological polar surface area (TPSA) is 70.4 Å². The highest BCUT2D eigenvalue weighted by Gasteiger charge is 2.23. The molecular weight excluding hydrogens is 196 g/mol. The minimum absolute atomic E-state index is 0.102. The number of hydrogen-bond donors (Lipinski definition) is 2. The summed E-state index contributed by atoms with van der Waals surface area (Å²) < 4.78 is 0. The van der Waals surface area contributed by atoms with Crippen LogP contribution < -0.4 is 16.0 Å². The van der Waals surface area contributed by atoms with Crippen molar-refractivity contribution in [2.45, 2.75) is 19.9 Å². The summed E-state index contributed by atoms with van der Waals surface area (Å²) in [5.74, 6) is 0. The van der Waals surface area contributed by atoms with Crippen molar-refractivity contribution in [3.8, 4) is 0 Å². The molecule has 0 amide bonds. The summed E-state index contributed by atoms with van der Waals surface area (Å²) in [6.45, 7) is 4.01. The van der Waals surface area contributed by atoms with Crippen molar-refractivity contribution in [1.29, 1.82) is 0 Å². The average Bonchev–Trinajstić information content (AvgIpc) is 2.59. The number of non-ortho nitro benzene ring substituents is 1. The summed E-state index contributed by atoms with van der Waals surface area (Å²) in [6.07, 6.45) is 0. The highest BCUT2D eigenvalue weighted by atomic mass is 16.6. The van der Waals surface area contributed by atoms with Crippen LogP contribution >= 0.6 is 0 Å². The fourth-order valence-corrected chi connectivity index (χ4v) is 1.53. The van der Waals surface area contributed by atoms with Crippen molar-refractivity contribution in [2.24, 2.45) is 0 Å². The van der Waals surface area contributed by atoms with Gasteiger partial charge in [-0.3, -0.25) is 15.1 Å². The minimum Gasteiger partial charge on any atom is -0.302 e. The van der Waals surface area contributed by atoms with E-state index in [9.17, 15) is 10.1 Å². The smallest absolute Gasteiger partial charge is 0.271 e. The second kappa shape index (κ2) is 3.39. The van der Waals surface area contributed by atoms with Crippen LogP contribution in [0.15, 0.2) is 18.2 Å². The van der Waals surface area contributed by atoms with Gasteiger partial charge in [-0.1, -0.05) is 0 Å². The van der Waals surface area contributed by atoms with Gasteiger partial charge < -0.3 is 5.43 Å². The first-order chi connectivity index (χ1) is 7.09. The van der Waals surface area contributed by atoms with Crippen molar-refractivity contribution in [3.63, 3.8) is 0 Å². The van der Waals surface area contributed by atoms with E-state index in [-0.39, 0.29) is 11.7 Å². The van der Waals surface area contributed by atoms with E-state index in [4.69, 9.17) is 0 Å². The van der Waals surface area contributed by atoms with Crippen LogP contribution in [-0.2, 0) is 0 Å². The van der Waals surface area contributed by atoms with Gasteiger partial charge in [-0.05, 0) is 19.9 Å². The van der Waals surface area contributed by atoms with Gasteiger partial charge >= 0.3 is 0 Å². The number of rotatable bonds is 2. The number of anilines is 2. The molecule has 0 atom stereocenters. The van der Waals surface area contributed by atoms with E-state index < -0.39 is 4.92 Å². The third kappa shape index (κ3) is 1.59. The van der Waals surface area contributed by atoms with Gasteiger partial charge in [0, 0.05) is 18.2 Å². The second-order valence-corrected chi connectivity index (χ2v) is 3.66. The van der Waals surface area contributed by atoms with Gasteiger partial charge in [0.05, 0.1) is 16.3 Å². The van der Waals surface area contributed by atoms with Crippen LogP contribution in [0, 0.1) is 10.1 Å². The van der Waals surface area contributed by atoms with Crippen LogP contribution in [0.2, 0.25) is 0 Å². The van der Waals surface area contributed by atoms with E-state index in [2.05, 4.69) is 11.0 Å². The molecule has 1 aromatic rings. The molecule has 15 heavy (non-hydrogen) atoms. The van der Waals surface area contributed by atoms with Gasteiger partial charge in [0.2, 0.25) is 0 Å². The van der Waals surface area contributed by atoms with Gasteiger partial charge in [0.1, 0.15) is 0 Å². The lowest BCUT2D eigenvalue weighted by Crippen LogP contribution is -2.41. The monoisotopic (exact) mass is 208 g/mol. The molecule has 1 aliphatic rings. The van der Waals surface area contributed by atoms with E-state index in [1.165, 1.54) is 6.07 Å². The lowest BCUT2D eigenvalue weighted by atomic mass is 10.2. The minimum atomic E-state index is -0.392. The lowest BCUT2D eigenvalue weighted by Gasteiger charge is -2.21. The number of nitro groups is 1. The zero-order chi connectivity index (χ0) is 11.0. The number of nitrogens with one attached hydrogen (secondary N) is 2. The molecule has 0 spiro atoms. The predicted molar refractivity (Wildman–Crippen MR) is 57.5 cm³/mol. The number of hydrazine groups is 2. The summed E-state index contributed by atoms with van der Waals surface area (Å²) in [5.41, 5.74) is 7.66. The molecule has 0 saturated heterocycles. The van der Waals surface area contributed by atoms with Crippen LogP contribution in [0.4, 0.5) is 17.1 Å². The van der Waals surface area contributed by atoms with Crippen molar-refractivity contribution >= 4 is 17.1 Å². The SMILES string of the molecule is CC(C)N1NNc2ccc([N+](=O)[O-])cc21. The summed E-state index contributed by atoms with van der Waals surface area (Å²) in [7, 11) is 0. The largest absolute Gasteiger partial charge is 0.302 e. The third-order valence-electron chi connectivity index (χ3n) is 2.28. The zero-order valence-electron chi connectivity index (χ0n) is 8.52. The first kappa shape index (κ1) is 9.72. The summed E-state index contributed by atoms with van der Waals surface area (Å²) >= 11 is 0. The first-order valence-electron chi connectivity index (χ1n) is 4.69. The van der Waals surface area contributed by atoms with Crippen LogP contribution in [0.1, 0.15) is 13.8 Å². The van der Waals surface area contributed by atoms with Gasteiger partial charge in [-0.15, -0.1) is 5.53 Å². The highest BCUT2D eigenvalue weighted by molar-refractivity contribution is 5.75. The second-order valence-electron chi connectivity index (χ2n) is 3.66. The predicted octanol–water partition coefficient (Wildman–Crippen LogP) is 1.65. The quantitative estimate of drug-likeness (QED) is 0.571. The maximum absolute atomic E-state index is 10.6. The molecule has 2 N–H and O–H groups in total. The molecule has 1 heterocycles. The molecule has 0 fully saturated rings. The molecular formula is C9H12N4O2. The maximum atomic E-state index is 10.6. The normalized spacial score (nSPS) is 13.9. The fourth-order valence-electron chi connectivity index (χ4n) is 1.53. The third-order valence-corrected chi connectivity index (χ3v) is 2.28. The van der Waals surface area contributed by atoms with E-state index in [1.807, 2.05) is 18.9 Å². The Morgan fingerprint density at radius 2 is 2.20 bits per heavy atom. The Hall–Kier alpha value is -1.82. The van der Waals surface area contributed by atoms with Crippen LogP contribution in [0.5, 0.6) is 0 Å². The van der Waals surface area contributed by atoms with Crippen molar-refractivity contribution in [1.82, 2.24) is 5.53 Å². The Bertz CT molecular complexity index is 405. The molecule has 0 saturated carbocycles. The number of nitro benzene ring substituents is 1. The average molecular weight is 208 g/mol. The van der Waals surface area contributed by atoms with Crippen LogP contribution in [0.3, 0.4) is 0 Å². The molecule has 1 aliphatic heterocycles. The van der Waals surface area contributed by atoms with Crippen LogP contribution in [0.25, 0.3) is 0 Å². The number of benzene rings is 1.